The number of halogens is 1. The first kappa shape index (κ1) is 24.9. The lowest BCUT2D eigenvalue weighted by Crippen LogP contribution is -2.48. The van der Waals surface area contributed by atoms with Crippen LogP contribution in [0.5, 0.6) is 11.5 Å². The first-order valence-electron chi connectivity index (χ1n) is 11.5. The molecule has 1 atom stereocenters. The average molecular weight is 543 g/mol. The van der Waals surface area contributed by atoms with E-state index in [9.17, 15) is 18.0 Å². The largest absolute Gasteiger partial charge is 0.482 e. The van der Waals surface area contributed by atoms with E-state index >= 15 is 0 Å². The summed E-state index contributed by atoms with van der Waals surface area (Å²) in [5.74, 6) is -0.518. The van der Waals surface area contributed by atoms with E-state index in [-0.39, 0.29) is 22.2 Å². The van der Waals surface area contributed by atoms with Gasteiger partial charge < -0.3 is 19.1 Å². The molecule has 0 saturated heterocycles. The second-order valence-corrected chi connectivity index (χ2v) is 10.7. The third-order valence-corrected chi connectivity index (χ3v) is 8.33. The topological polar surface area (TPSA) is 102 Å². The number of hydrogen-bond donors (Lipinski definition) is 0. The van der Waals surface area contributed by atoms with E-state index < -0.39 is 34.6 Å². The minimum atomic E-state index is -3.83. The summed E-state index contributed by atoms with van der Waals surface area (Å²) < 4.78 is 44.0. The van der Waals surface area contributed by atoms with Gasteiger partial charge in [-0.3, -0.25) is 9.10 Å². The van der Waals surface area contributed by atoms with Gasteiger partial charge in [-0.1, -0.05) is 41.9 Å². The van der Waals surface area contributed by atoms with Gasteiger partial charge in [0.05, 0.1) is 34.9 Å². The highest BCUT2D eigenvalue weighted by Crippen LogP contribution is 2.36. The summed E-state index contributed by atoms with van der Waals surface area (Å²) in [5.41, 5.74) is 2.12. The molecule has 0 aromatic heterocycles. The number of sulfonamides is 1. The van der Waals surface area contributed by atoms with Gasteiger partial charge in [0.1, 0.15) is 11.5 Å². The summed E-state index contributed by atoms with van der Waals surface area (Å²) in [6.07, 6.45) is -0.346. The van der Waals surface area contributed by atoms with Crippen LogP contribution in [0.2, 0.25) is 5.02 Å². The first-order chi connectivity index (χ1) is 17.8. The van der Waals surface area contributed by atoms with Crippen molar-refractivity contribution in [3.8, 4) is 11.5 Å². The molecule has 0 radical (unpaired) electrons. The third-order valence-electron chi connectivity index (χ3n) is 6.23. The van der Waals surface area contributed by atoms with E-state index in [1.807, 2.05) is 12.1 Å². The molecule has 9 nitrogen and oxygen atoms in total. The van der Waals surface area contributed by atoms with Gasteiger partial charge in [-0.05, 0) is 48.4 Å². The molecule has 192 valence electrons. The normalized spacial score (nSPS) is 16.4. The average Bonchev–Trinajstić information content (AvgIpc) is 3.36. The van der Waals surface area contributed by atoms with E-state index in [0.717, 1.165) is 5.56 Å². The maximum atomic E-state index is 13.3. The van der Waals surface area contributed by atoms with Gasteiger partial charge in [0.25, 0.3) is 15.9 Å². The predicted molar refractivity (Wildman–Crippen MR) is 137 cm³/mol. The zero-order valence-electron chi connectivity index (χ0n) is 19.8. The molecule has 11 heteroatoms. The molecule has 0 bridgehead atoms. The Balaban J connectivity index is 1.31. The number of amides is 1. The number of anilines is 2. The zero-order valence-corrected chi connectivity index (χ0v) is 21.4. The van der Waals surface area contributed by atoms with Crippen molar-refractivity contribution in [2.45, 2.75) is 17.4 Å². The van der Waals surface area contributed by atoms with E-state index in [1.54, 1.807) is 36.4 Å². The summed E-state index contributed by atoms with van der Waals surface area (Å²) in [6.45, 7) is -0.0959. The van der Waals surface area contributed by atoms with Gasteiger partial charge in [-0.2, -0.15) is 0 Å². The predicted octanol–water partition coefficient (Wildman–Crippen LogP) is 3.44. The second kappa shape index (κ2) is 9.95. The van der Waals surface area contributed by atoms with Crippen molar-refractivity contribution in [2.24, 2.45) is 0 Å². The molecular formula is C26H23ClN2O7S. The molecule has 3 aromatic carbocycles. The quantitative estimate of drug-likeness (QED) is 0.440. The van der Waals surface area contributed by atoms with Crippen molar-refractivity contribution in [1.82, 2.24) is 0 Å². The van der Waals surface area contributed by atoms with Gasteiger partial charge in [-0.25, -0.2) is 13.2 Å². The van der Waals surface area contributed by atoms with Crippen LogP contribution in [0, 0.1) is 0 Å². The molecule has 1 unspecified atom stereocenters. The Morgan fingerprint density at radius 3 is 2.54 bits per heavy atom. The minimum Gasteiger partial charge on any atom is -0.482 e. The molecule has 0 saturated carbocycles. The van der Waals surface area contributed by atoms with Gasteiger partial charge in [0.2, 0.25) is 6.10 Å². The van der Waals surface area contributed by atoms with Gasteiger partial charge in [-0.15, -0.1) is 0 Å². The lowest BCUT2D eigenvalue weighted by Gasteiger charge is -2.33. The number of rotatable bonds is 6. The van der Waals surface area contributed by atoms with Crippen LogP contribution in [-0.4, -0.2) is 53.2 Å². The second-order valence-electron chi connectivity index (χ2n) is 8.44. The van der Waals surface area contributed by atoms with Crippen molar-refractivity contribution in [2.75, 3.05) is 36.0 Å². The highest BCUT2D eigenvalue weighted by atomic mass is 35.5. The fraction of sp³-hybridized carbons (Fsp3) is 0.231. The molecule has 1 amide bonds. The molecule has 0 N–H and O–H groups in total. The maximum Gasteiger partial charge on any atom is 0.348 e. The Morgan fingerprint density at radius 2 is 1.78 bits per heavy atom. The third kappa shape index (κ3) is 4.70. The summed E-state index contributed by atoms with van der Waals surface area (Å²) in [5, 5.41) is 0.0520. The standard InChI is InChI=1S/C26H23ClN2O7S/c1-34-26(31)24-15-28(21-8-4-5-9-23(21)36-24)25(30)16-35-22-11-10-18(14-19(22)27)37(32,33)29-13-12-17-6-2-3-7-20(17)29/h2-11,14,24H,12-13,15-16H2,1H3. The molecule has 2 aliphatic rings. The van der Waals surface area contributed by atoms with Gasteiger partial charge in [0.15, 0.2) is 6.61 Å². The van der Waals surface area contributed by atoms with E-state index in [0.29, 0.717) is 30.1 Å². The summed E-state index contributed by atoms with van der Waals surface area (Å²) in [7, 11) is -2.58. The van der Waals surface area contributed by atoms with Crippen LogP contribution in [0.25, 0.3) is 0 Å². The van der Waals surface area contributed by atoms with E-state index in [1.165, 1.54) is 34.5 Å². The molecule has 0 fully saturated rings. The van der Waals surface area contributed by atoms with Crippen LogP contribution in [-0.2, 0) is 30.8 Å². The van der Waals surface area contributed by atoms with Crippen molar-refractivity contribution >= 4 is 44.9 Å². The first-order valence-corrected chi connectivity index (χ1v) is 13.3. The van der Waals surface area contributed by atoms with Gasteiger partial charge in [0, 0.05) is 6.54 Å². The molecular weight excluding hydrogens is 520 g/mol. The number of nitrogens with zero attached hydrogens (tertiary/aromatic N) is 2. The molecule has 2 aliphatic heterocycles. The van der Waals surface area contributed by atoms with Crippen LogP contribution in [0.4, 0.5) is 11.4 Å². The Bertz CT molecular complexity index is 1480. The smallest absolute Gasteiger partial charge is 0.348 e. The van der Waals surface area contributed by atoms with E-state index in [2.05, 4.69) is 0 Å². The lowest BCUT2D eigenvalue weighted by atomic mass is 10.2. The fourth-order valence-electron chi connectivity index (χ4n) is 4.39. The van der Waals surface area contributed by atoms with Gasteiger partial charge >= 0.3 is 5.97 Å². The number of ether oxygens (including phenoxy) is 3. The number of carbonyl (C=O) groups is 2. The number of para-hydroxylation sites is 3. The van der Waals surface area contributed by atoms with Crippen molar-refractivity contribution in [1.29, 1.82) is 0 Å². The highest BCUT2D eigenvalue weighted by molar-refractivity contribution is 7.92. The number of hydrogen-bond acceptors (Lipinski definition) is 7. The van der Waals surface area contributed by atoms with Crippen molar-refractivity contribution in [3.05, 3.63) is 77.3 Å². The molecule has 5 rings (SSSR count). The Labute approximate surface area is 219 Å². The summed E-state index contributed by atoms with van der Waals surface area (Å²) in [4.78, 5) is 26.5. The van der Waals surface area contributed by atoms with Crippen LogP contribution in [0.1, 0.15) is 5.56 Å². The summed E-state index contributed by atoms with van der Waals surface area (Å²) in [6, 6.07) is 18.3. The molecule has 2 heterocycles. The van der Waals surface area contributed by atoms with Crippen molar-refractivity contribution in [3.63, 3.8) is 0 Å². The van der Waals surface area contributed by atoms with Crippen LogP contribution < -0.4 is 18.7 Å². The molecule has 0 aliphatic carbocycles. The number of benzene rings is 3. The van der Waals surface area contributed by atoms with Crippen LogP contribution >= 0.6 is 11.6 Å². The fourth-order valence-corrected chi connectivity index (χ4v) is 6.22. The minimum absolute atomic E-state index is 0.0240. The molecule has 37 heavy (non-hydrogen) atoms. The lowest BCUT2D eigenvalue weighted by molar-refractivity contribution is -0.148. The highest BCUT2D eigenvalue weighted by Gasteiger charge is 2.35. The SMILES string of the molecule is COC(=O)C1CN(C(=O)COc2ccc(S(=O)(=O)N3CCc4ccccc43)cc2Cl)c2ccccc2O1. The van der Waals surface area contributed by atoms with Crippen LogP contribution in [0.3, 0.4) is 0 Å². The molecule has 3 aromatic rings. The monoisotopic (exact) mass is 542 g/mol. The Hall–Kier alpha value is -3.76. The Morgan fingerprint density at radius 1 is 1.05 bits per heavy atom. The van der Waals surface area contributed by atoms with Crippen molar-refractivity contribution < 1.29 is 32.2 Å². The Kier molecular flexibility index (Phi) is 6.70. The zero-order chi connectivity index (χ0) is 26.2. The van der Waals surface area contributed by atoms with Crippen LogP contribution in [0.15, 0.2) is 71.6 Å². The molecule has 0 spiro atoms. The number of esters is 1. The number of methoxy groups -OCH3 is 1. The number of carbonyl (C=O) groups excluding carboxylic acids is 2. The maximum absolute atomic E-state index is 13.3. The summed E-state index contributed by atoms with van der Waals surface area (Å²) >= 11 is 6.36. The number of fused-ring (bicyclic) bond motifs is 2. The van der Waals surface area contributed by atoms with E-state index in [4.69, 9.17) is 25.8 Å².